The molecule has 0 saturated heterocycles. The molecule has 2 aliphatic rings. The van der Waals surface area contributed by atoms with Crippen LogP contribution < -0.4 is 5.32 Å². The van der Waals surface area contributed by atoms with Crippen molar-refractivity contribution in [2.24, 2.45) is 0 Å². The van der Waals surface area contributed by atoms with Crippen LogP contribution in [0, 0.1) is 0 Å². The van der Waals surface area contributed by atoms with Gasteiger partial charge in [-0.1, -0.05) is 36.4 Å². The van der Waals surface area contributed by atoms with Gasteiger partial charge in [0.05, 0.1) is 27.1 Å². The molecule has 6 rings (SSSR count). The van der Waals surface area contributed by atoms with Crippen molar-refractivity contribution >= 4 is 43.6 Å². The number of nitrogens with one attached hydrogen (secondary N) is 1. The number of carbonyl (C=O) groups excluding carboxylic acids is 2. The lowest BCUT2D eigenvalue weighted by Crippen LogP contribution is -2.20. The largest absolute Gasteiger partial charge is 0.288 e. The Labute approximate surface area is 172 Å². The molecule has 1 aromatic heterocycles. The van der Waals surface area contributed by atoms with E-state index in [1.807, 2.05) is 12.1 Å². The van der Waals surface area contributed by atoms with E-state index in [1.165, 1.54) is 3.97 Å². The highest BCUT2D eigenvalue weighted by molar-refractivity contribution is 7.90. The van der Waals surface area contributed by atoms with E-state index < -0.39 is 21.8 Å². The van der Waals surface area contributed by atoms with Crippen LogP contribution in [0.2, 0.25) is 0 Å². The second-order valence-electron chi connectivity index (χ2n) is 7.67. The molecule has 3 aromatic carbocycles. The third-order valence-electron chi connectivity index (χ3n) is 6.10. The van der Waals surface area contributed by atoms with Gasteiger partial charge in [-0.2, -0.15) is 0 Å². The molecule has 4 aromatic rings. The van der Waals surface area contributed by atoms with Crippen molar-refractivity contribution in [3.05, 3.63) is 76.9 Å². The van der Waals surface area contributed by atoms with Gasteiger partial charge in [0.25, 0.3) is 21.8 Å². The van der Waals surface area contributed by atoms with Gasteiger partial charge in [0, 0.05) is 10.8 Å². The van der Waals surface area contributed by atoms with Gasteiger partial charge < -0.3 is 0 Å². The number of nitrogens with zero attached hydrogens (tertiary/aromatic N) is 1. The third-order valence-corrected chi connectivity index (χ3v) is 7.83. The van der Waals surface area contributed by atoms with E-state index in [0.29, 0.717) is 45.8 Å². The quantitative estimate of drug-likeness (QED) is 0.508. The Bertz CT molecular complexity index is 1530. The fourth-order valence-electron chi connectivity index (χ4n) is 4.95. The molecule has 1 aliphatic heterocycles. The fourth-order valence-corrected chi connectivity index (χ4v) is 6.52. The molecule has 7 heteroatoms. The number of carbonyl (C=O) groups is 2. The first-order valence-corrected chi connectivity index (χ1v) is 11.2. The number of fused-ring (bicyclic) bond motifs is 8. The molecular weight excluding hydrogens is 400 g/mol. The molecule has 0 saturated carbocycles. The molecule has 30 heavy (non-hydrogen) atoms. The highest BCUT2D eigenvalue weighted by Gasteiger charge is 2.39. The number of aromatic nitrogens is 1. The van der Waals surface area contributed by atoms with Gasteiger partial charge in [-0.3, -0.25) is 14.9 Å². The third kappa shape index (κ3) is 2.05. The Morgan fingerprint density at radius 2 is 1.47 bits per heavy atom. The maximum Gasteiger partial charge on any atom is 0.268 e. The highest BCUT2D eigenvalue weighted by Crippen LogP contribution is 2.44. The zero-order valence-corrected chi connectivity index (χ0v) is 16.6. The second-order valence-corrected chi connectivity index (χ2v) is 9.45. The molecule has 1 N–H and O–H groups in total. The summed E-state index contributed by atoms with van der Waals surface area (Å²) in [6.07, 6.45) is 2.14. The van der Waals surface area contributed by atoms with Crippen molar-refractivity contribution in [2.45, 2.75) is 24.2 Å². The summed E-state index contributed by atoms with van der Waals surface area (Å²) < 4.78 is 28.9. The van der Waals surface area contributed by atoms with Crippen molar-refractivity contribution in [2.75, 3.05) is 0 Å². The van der Waals surface area contributed by atoms with Crippen LogP contribution >= 0.6 is 0 Å². The van der Waals surface area contributed by atoms with Crippen LogP contribution in [0.4, 0.5) is 0 Å². The minimum absolute atomic E-state index is 0.181. The lowest BCUT2D eigenvalue weighted by molar-refractivity contribution is 0.0880. The molecule has 0 spiro atoms. The van der Waals surface area contributed by atoms with Gasteiger partial charge >= 0.3 is 0 Å². The minimum atomic E-state index is -3.92. The number of amides is 2. The fraction of sp³-hybridized carbons (Fsp3) is 0.130. The summed E-state index contributed by atoms with van der Waals surface area (Å²) in [5, 5.41) is 3.61. The lowest BCUT2D eigenvalue weighted by Gasteiger charge is -2.13. The monoisotopic (exact) mass is 416 g/mol. The molecule has 148 valence electrons. The van der Waals surface area contributed by atoms with Crippen molar-refractivity contribution in [1.82, 2.24) is 9.29 Å². The number of hydrogen-bond acceptors (Lipinski definition) is 4. The predicted molar refractivity (Wildman–Crippen MR) is 112 cm³/mol. The van der Waals surface area contributed by atoms with E-state index in [2.05, 4.69) is 5.32 Å². The van der Waals surface area contributed by atoms with Crippen molar-refractivity contribution < 1.29 is 18.0 Å². The van der Waals surface area contributed by atoms with Gasteiger partial charge in [-0.05, 0) is 48.6 Å². The molecule has 6 nitrogen and oxygen atoms in total. The molecule has 1 aliphatic carbocycles. The van der Waals surface area contributed by atoms with Crippen molar-refractivity contribution in [3.8, 4) is 0 Å². The first-order valence-electron chi connectivity index (χ1n) is 9.77. The van der Waals surface area contributed by atoms with Crippen LogP contribution in [0.3, 0.4) is 0 Å². The second kappa shape index (κ2) is 5.79. The SMILES string of the molecule is O=C1NC(=O)c2c1c1c(c3c2c2ccccc2n3S(=O)(=O)c2ccccc2)CCC1. The summed E-state index contributed by atoms with van der Waals surface area (Å²) in [4.78, 5) is 25.5. The predicted octanol–water partition coefficient (Wildman–Crippen LogP) is 3.40. The van der Waals surface area contributed by atoms with E-state index in [0.717, 1.165) is 17.5 Å². The zero-order chi connectivity index (χ0) is 20.6. The number of benzene rings is 3. The minimum Gasteiger partial charge on any atom is -0.288 e. The Balaban J connectivity index is 1.89. The summed E-state index contributed by atoms with van der Waals surface area (Å²) in [5.41, 5.74) is 3.40. The maximum absolute atomic E-state index is 13.8. The van der Waals surface area contributed by atoms with Crippen LogP contribution in [-0.2, 0) is 22.9 Å². The molecule has 0 atom stereocenters. The smallest absolute Gasteiger partial charge is 0.268 e. The zero-order valence-electron chi connectivity index (χ0n) is 15.8. The van der Waals surface area contributed by atoms with Crippen LogP contribution in [0.1, 0.15) is 38.3 Å². The maximum atomic E-state index is 13.8. The Hall–Kier alpha value is -3.45. The topological polar surface area (TPSA) is 85.2 Å². The molecule has 2 heterocycles. The van der Waals surface area contributed by atoms with Crippen LogP contribution in [0.25, 0.3) is 21.8 Å². The summed E-state index contributed by atoms with van der Waals surface area (Å²) in [5.74, 6) is -0.854. The van der Waals surface area contributed by atoms with Gasteiger partial charge in [0.2, 0.25) is 0 Å². The first-order chi connectivity index (χ1) is 14.5. The van der Waals surface area contributed by atoms with E-state index in [1.54, 1.807) is 42.5 Å². The average Bonchev–Trinajstić information content (AvgIpc) is 3.42. The standard InChI is InChI=1S/C23H16N2O4S/c26-22-19-14-10-6-11-15(14)21-18(20(19)23(27)24-22)16-9-4-5-12-17(16)25(21)30(28,29)13-7-2-1-3-8-13/h1-5,7-9,12H,6,10-11H2,(H,24,26,27). The number of aryl methyl sites for hydroxylation is 1. The summed E-state index contributed by atoms with van der Waals surface area (Å²) in [6, 6.07) is 15.4. The summed E-state index contributed by atoms with van der Waals surface area (Å²) >= 11 is 0. The Morgan fingerprint density at radius 1 is 0.800 bits per heavy atom. The Kier molecular flexibility index (Phi) is 3.36. The average molecular weight is 416 g/mol. The van der Waals surface area contributed by atoms with E-state index in [9.17, 15) is 18.0 Å². The van der Waals surface area contributed by atoms with Gasteiger partial charge in [0.15, 0.2) is 0 Å². The molecule has 0 radical (unpaired) electrons. The number of imide groups is 1. The number of rotatable bonds is 2. The van der Waals surface area contributed by atoms with Crippen LogP contribution in [-0.4, -0.2) is 24.2 Å². The van der Waals surface area contributed by atoms with Crippen LogP contribution in [0.5, 0.6) is 0 Å². The summed E-state index contributed by atoms with van der Waals surface area (Å²) in [6.45, 7) is 0. The molecule has 0 fully saturated rings. The molecule has 0 unspecified atom stereocenters. The van der Waals surface area contributed by atoms with Gasteiger partial charge in [0.1, 0.15) is 0 Å². The van der Waals surface area contributed by atoms with E-state index >= 15 is 0 Å². The number of para-hydroxylation sites is 1. The normalized spacial score (nSPS) is 15.6. The number of hydrogen-bond donors (Lipinski definition) is 1. The molecule has 2 amide bonds. The lowest BCUT2D eigenvalue weighted by atomic mass is 9.94. The van der Waals surface area contributed by atoms with Crippen molar-refractivity contribution in [1.29, 1.82) is 0 Å². The van der Waals surface area contributed by atoms with E-state index in [4.69, 9.17) is 0 Å². The van der Waals surface area contributed by atoms with Crippen LogP contribution in [0.15, 0.2) is 59.5 Å². The molecular formula is C23H16N2O4S. The van der Waals surface area contributed by atoms with Gasteiger partial charge in [-0.15, -0.1) is 0 Å². The highest BCUT2D eigenvalue weighted by atomic mass is 32.2. The van der Waals surface area contributed by atoms with Crippen molar-refractivity contribution in [3.63, 3.8) is 0 Å². The van der Waals surface area contributed by atoms with E-state index in [-0.39, 0.29) is 4.90 Å². The first kappa shape index (κ1) is 17.4. The molecule has 0 bridgehead atoms. The summed E-state index contributed by atoms with van der Waals surface area (Å²) in [7, 11) is -3.92. The van der Waals surface area contributed by atoms with Gasteiger partial charge in [-0.25, -0.2) is 12.4 Å². The Morgan fingerprint density at radius 3 is 2.27 bits per heavy atom.